The lowest BCUT2D eigenvalue weighted by Gasteiger charge is -2.17. The Bertz CT molecular complexity index is 748. The molecular weight excluding hydrogens is 356 g/mol. The molecule has 0 radical (unpaired) electrons. The molecule has 0 unspecified atom stereocenters. The summed E-state index contributed by atoms with van der Waals surface area (Å²) in [4.78, 5) is 11.9. The van der Waals surface area contributed by atoms with Gasteiger partial charge in [0.25, 0.3) is 5.91 Å². The Kier molecular flexibility index (Phi) is 5.42. The van der Waals surface area contributed by atoms with Gasteiger partial charge in [0.2, 0.25) is 0 Å². The zero-order valence-electron chi connectivity index (χ0n) is 13.8. The van der Waals surface area contributed by atoms with E-state index in [2.05, 4.69) is 26.5 Å². The van der Waals surface area contributed by atoms with Crippen molar-refractivity contribution >= 4 is 38.3 Å². The van der Waals surface area contributed by atoms with Crippen LogP contribution in [0.15, 0.2) is 46.0 Å². The summed E-state index contributed by atoms with van der Waals surface area (Å²) in [5, 5.41) is 6.27. The second-order valence-electron chi connectivity index (χ2n) is 6.37. The Labute approximate surface area is 145 Å². The minimum atomic E-state index is -0.284. The predicted octanol–water partition coefficient (Wildman–Crippen LogP) is 4.52. The molecule has 0 saturated carbocycles. The highest BCUT2D eigenvalue weighted by molar-refractivity contribution is 9.10. The topological polar surface area (TPSA) is 50.7 Å². The van der Waals surface area contributed by atoms with Crippen LogP contribution in [0.2, 0.25) is 0 Å². The Morgan fingerprint density at radius 3 is 2.61 bits per heavy atom. The van der Waals surface area contributed by atoms with Crippen molar-refractivity contribution in [2.75, 3.05) is 6.61 Å². The number of nitrogens with zero attached hydrogens (tertiary/aromatic N) is 1. The summed E-state index contributed by atoms with van der Waals surface area (Å²) in [5.41, 5.74) is 3.31. The molecule has 0 spiro atoms. The molecule has 0 aliphatic heterocycles. The number of carbonyl (C=O) groups is 1. The quantitative estimate of drug-likeness (QED) is 0.629. The van der Waals surface area contributed by atoms with Crippen LogP contribution in [0.5, 0.6) is 5.75 Å². The maximum absolute atomic E-state index is 11.9. The second kappa shape index (κ2) is 7.13. The van der Waals surface area contributed by atoms with E-state index in [1.54, 1.807) is 0 Å². The smallest absolute Gasteiger partial charge is 0.277 e. The van der Waals surface area contributed by atoms with Crippen molar-refractivity contribution < 1.29 is 9.53 Å². The lowest BCUT2D eigenvalue weighted by molar-refractivity contribution is -0.123. The first kappa shape index (κ1) is 17.5. The highest BCUT2D eigenvalue weighted by Crippen LogP contribution is 2.32. The number of benzene rings is 2. The largest absolute Gasteiger partial charge is 0.483 e. The van der Waals surface area contributed by atoms with Crippen LogP contribution >= 0.6 is 15.9 Å². The van der Waals surface area contributed by atoms with E-state index in [-0.39, 0.29) is 17.9 Å². The number of ether oxygens (including phenoxy) is 1. The van der Waals surface area contributed by atoms with E-state index in [0.29, 0.717) is 5.75 Å². The molecule has 1 N–H and O–H groups in total. The van der Waals surface area contributed by atoms with Gasteiger partial charge in [-0.2, -0.15) is 5.10 Å². The van der Waals surface area contributed by atoms with Gasteiger partial charge in [-0.15, -0.1) is 0 Å². The van der Waals surface area contributed by atoms with E-state index in [0.717, 1.165) is 21.0 Å². The van der Waals surface area contributed by atoms with Crippen LogP contribution < -0.4 is 10.2 Å². The third kappa shape index (κ3) is 4.55. The number of hydrogen-bond donors (Lipinski definition) is 1. The van der Waals surface area contributed by atoms with Crippen molar-refractivity contribution in [1.82, 2.24) is 5.43 Å². The molecule has 2 aromatic carbocycles. The van der Waals surface area contributed by atoms with Crippen molar-refractivity contribution in [1.29, 1.82) is 0 Å². The fraction of sp³-hybridized carbons (Fsp3) is 0.333. The third-order valence-electron chi connectivity index (χ3n) is 3.62. The summed E-state index contributed by atoms with van der Waals surface area (Å²) in [5.74, 6) is 0.351. The lowest BCUT2D eigenvalue weighted by atomic mass is 9.91. The fourth-order valence-electron chi connectivity index (χ4n) is 1.81. The normalized spacial score (nSPS) is 12.3. The summed E-state index contributed by atoms with van der Waals surface area (Å²) in [7, 11) is 0. The van der Waals surface area contributed by atoms with Crippen LogP contribution in [-0.4, -0.2) is 18.2 Å². The van der Waals surface area contributed by atoms with Crippen LogP contribution in [-0.2, 0) is 4.79 Å². The maximum atomic E-state index is 11.9. The first-order valence-electron chi connectivity index (χ1n) is 7.42. The maximum Gasteiger partial charge on any atom is 0.277 e. The average molecular weight is 377 g/mol. The van der Waals surface area contributed by atoms with Gasteiger partial charge in [-0.3, -0.25) is 4.79 Å². The Balaban J connectivity index is 2.01. The lowest BCUT2D eigenvalue weighted by Crippen LogP contribution is -2.28. The van der Waals surface area contributed by atoms with Gasteiger partial charge in [0, 0.05) is 11.1 Å². The average Bonchev–Trinajstić information content (AvgIpc) is 2.51. The first-order chi connectivity index (χ1) is 10.8. The molecular formula is C18H21BrN2O2. The number of fused-ring (bicyclic) bond motifs is 1. The van der Waals surface area contributed by atoms with E-state index in [1.165, 1.54) is 0 Å². The summed E-state index contributed by atoms with van der Waals surface area (Å²) in [6, 6.07) is 11.8. The van der Waals surface area contributed by atoms with Gasteiger partial charge in [-0.1, -0.05) is 51.1 Å². The molecule has 0 heterocycles. The number of carbonyl (C=O) groups excluding carboxylic acids is 1. The van der Waals surface area contributed by atoms with Gasteiger partial charge in [-0.05, 0) is 39.7 Å². The molecule has 2 aromatic rings. The van der Waals surface area contributed by atoms with Gasteiger partial charge in [0.1, 0.15) is 5.75 Å². The number of halogens is 1. The molecule has 0 bridgehead atoms. The van der Waals surface area contributed by atoms with Crippen molar-refractivity contribution in [2.24, 2.45) is 10.5 Å². The Hall–Kier alpha value is -1.88. The number of amides is 1. The van der Waals surface area contributed by atoms with Crippen molar-refractivity contribution in [3.63, 3.8) is 0 Å². The minimum absolute atomic E-state index is 0.0739. The van der Waals surface area contributed by atoms with E-state index in [9.17, 15) is 4.79 Å². The van der Waals surface area contributed by atoms with Crippen LogP contribution in [0.4, 0.5) is 0 Å². The van der Waals surface area contributed by atoms with Crippen LogP contribution in [0.3, 0.4) is 0 Å². The van der Waals surface area contributed by atoms with E-state index < -0.39 is 0 Å². The summed E-state index contributed by atoms with van der Waals surface area (Å²) in [6.07, 6.45) is 0. The van der Waals surface area contributed by atoms with Gasteiger partial charge in [-0.25, -0.2) is 5.43 Å². The highest BCUT2D eigenvalue weighted by atomic mass is 79.9. The summed E-state index contributed by atoms with van der Waals surface area (Å²) in [6.45, 7) is 7.93. The molecule has 0 fully saturated rings. The molecule has 0 atom stereocenters. The third-order valence-corrected chi connectivity index (χ3v) is 4.44. The van der Waals surface area contributed by atoms with E-state index in [4.69, 9.17) is 4.74 Å². The summed E-state index contributed by atoms with van der Waals surface area (Å²) < 4.78 is 6.44. The number of rotatable bonds is 4. The molecule has 0 aromatic heterocycles. The van der Waals surface area contributed by atoms with Gasteiger partial charge < -0.3 is 4.74 Å². The molecule has 0 aliphatic carbocycles. The minimum Gasteiger partial charge on any atom is -0.483 e. The molecule has 2 rings (SSSR count). The molecule has 0 saturated heterocycles. The van der Waals surface area contributed by atoms with Crippen molar-refractivity contribution in [2.45, 2.75) is 27.7 Å². The predicted molar refractivity (Wildman–Crippen MR) is 97.8 cm³/mol. The zero-order chi connectivity index (χ0) is 17.0. The molecule has 5 heteroatoms. The van der Waals surface area contributed by atoms with Crippen LogP contribution in [0.25, 0.3) is 10.8 Å². The molecule has 23 heavy (non-hydrogen) atoms. The monoisotopic (exact) mass is 376 g/mol. The van der Waals surface area contributed by atoms with E-state index in [1.807, 2.05) is 64.1 Å². The zero-order valence-corrected chi connectivity index (χ0v) is 15.4. The van der Waals surface area contributed by atoms with E-state index >= 15 is 0 Å². The van der Waals surface area contributed by atoms with Crippen molar-refractivity contribution in [3.8, 4) is 5.75 Å². The Morgan fingerprint density at radius 2 is 1.91 bits per heavy atom. The SMILES string of the molecule is C/C(=N/NC(=O)COc1ccc2ccccc2c1Br)C(C)(C)C. The molecule has 1 amide bonds. The standard InChI is InChI=1S/C18H21BrN2O2/c1-12(18(2,3)4)20-21-16(22)11-23-15-10-9-13-7-5-6-8-14(13)17(15)19/h5-10H,11H2,1-4H3,(H,21,22)/b20-12-. The molecule has 122 valence electrons. The van der Waals surface area contributed by atoms with Crippen LogP contribution in [0.1, 0.15) is 27.7 Å². The summed E-state index contributed by atoms with van der Waals surface area (Å²) >= 11 is 3.54. The van der Waals surface area contributed by atoms with Crippen molar-refractivity contribution in [3.05, 3.63) is 40.9 Å². The molecule has 0 aliphatic rings. The number of hydrogen-bond acceptors (Lipinski definition) is 3. The van der Waals surface area contributed by atoms with Gasteiger partial charge in [0.15, 0.2) is 6.61 Å². The van der Waals surface area contributed by atoms with Gasteiger partial charge in [0.05, 0.1) is 4.47 Å². The van der Waals surface area contributed by atoms with Gasteiger partial charge >= 0.3 is 0 Å². The fourth-order valence-corrected chi connectivity index (χ4v) is 2.42. The number of nitrogens with one attached hydrogen (secondary N) is 1. The number of hydrazone groups is 1. The second-order valence-corrected chi connectivity index (χ2v) is 7.16. The highest BCUT2D eigenvalue weighted by Gasteiger charge is 2.15. The van der Waals surface area contributed by atoms with Crippen LogP contribution in [0, 0.1) is 5.41 Å². The Morgan fingerprint density at radius 1 is 1.22 bits per heavy atom. The molecule has 4 nitrogen and oxygen atoms in total. The first-order valence-corrected chi connectivity index (χ1v) is 8.22.